The summed E-state index contributed by atoms with van der Waals surface area (Å²) in [6, 6.07) is 16.2. The van der Waals surface area contributed by atoms with Gasteiger partial charge in [0, 0.05) is 25.8 Å². The van der Waals surface area contributed by atoms with Crippen molar-refractivity contribution in [3.63, 3.8) is 0 Å². The number of ether oxygens (including phenoxy) is 1. The highest BCUT2D eigenvalue weighted by Gasteiger charge is 2.45. The van der Waals surface area contributed by atoms with Gasteiger partial charge in [0.25, 0.3) is 11.7 Å². The van der Waals surface area contributed by atoms with Gasteiger partial charge in [-0.3, -0.25) is 9.59 Å². The molecule has 1 amide bonds. The topological polar surface area (TPSA) is 66.8 Å². The van der Waals surface area contributed by atoms with Crippen molar-refractivity contribution in [2.24, 2.45) is 0 Å². The minimum absolute atomic E-state index is 0.0111. The Kier molecular flexibility index (Phi) is 6.42. The number of hydrogen-bond acceptors (Lipinski definition) is 4. The Bertz CT molecular complexity index is 939. The first-order valence-corrected chi connectivity index (χ1v) is 10.2. The van der Waals surface area contributed by atoms with Crippen LogP contribution in [-0.2, 0) is 19.7 Å². The van der Waals surface area contributed by atoms with Crippen LogP contribution in [0.25, 0.3) is 5.76 Å². The lowest BCUT2D eigenvalue weighted by Gasteiger charge is -2.26. The minimum atomic E-state index is -0.654. The highest BCUT2D eigenvalue weighted by atomic mass is 16.5. The molecule has 1 atom stereocenters. The zero-order valence-electron chi connectivity index (χ0n) is 18.0. The smallest absolute Gasteiger partial charge is 0.295 e. The summed E-state index contributed by atoms with van der Waals surface area (Å²) in [5.74, 6) is -1.39. The van der Waals surface area contributed by atoms with Gasteiger partial charge in [0.1, 0.15) is 5.76 Å². The summed E-state index contributed by atoms with van der Waals surface area (Å²) in [5, 5.41) is 11.0. The van der Waals surface area contributed by atoms with Crippen LogP contribution in [0.3, 0.4) is 0 Å². The van der Waals surface area contributed by atoms with E-state index in [9.17, 15) is 14.7 Å². The van der Waals surface area contributed by atoms with E-state index in [1.807, 2.05) is 30.3 Å². The second-order valence-corrected chi connectivity index (χ2v) is 8.58. The van der Waals surface area contributed by atoms with Crippen molar-refractivity contribution in [3.05, 3.63) is 76.9 Å². The number of aliphatic hydroxyl groups is 1. The van der Waals surface area contributed by atoms with Crippen molar-refractivity contribution < 1.29 is 19.4 Å². The zero-order valence-corrected chi connectivity index (χ0v) is 18.0. The fraction of sp³-hybridized carbons (Fsp3) is 0.360. The molecule has 1 aliphatic rings. The van der Waals surface area contributed by atoms with Gasteiger partial charge >= 0.3 is 0 Å². The lowest BCUT2D eigenvalue weighted by Crippen LogP contribution is -2.31. The van der Waals surface area contributed by atoms with Crippen LogP contribution in [0.4, 0.5) is 0 Å². The molecule has 5 heteroatoms. The number of carbonyl (C=O) groups excluding carboxylic acids is 2. The standard InChI is InChI=1S/C25H29NO4/c1-25(2,3)19-13-11-17(12-14-19)21-20(22(27)18-9-6-5-7-10-18)23(28)24(29)26(21)15-8-16-30-4/h5-7,9-14,21,27H,8,15-16H2,1-4H3/b22-20+/t21-/m1/s1. The third kappa shape index (κ3) is 4.31. The lowest BCUT2D eigenvalue weighted by molar-refractivity contribution is -0.140. The average Bonchev–Trinajstić information content (AvgIpc) is 2.98. The van der Waals surface area contributed by atoms with Crippen molar-refractivity contribution in [3.8, 4) is 0 Å². The summed E-state index contributed by atoms with van der Waals surface area (Å²) in [7, 11) is 1.60. The third-order valence-corrected chi connectivity index (χ3v) is 5.43. The van der Waals surface area contributed by atoms with Crippen LogP contribution in [-0.4, -0.2) is 42.0 Å². The molecule has 2 aromatic rings. The molecule has 0 spiro atoms. The Morgan fingerprint density at radius 3 is 2.23 bits per heavy atom. The van der Waals surface area contributed by atoms with E-state index >= 15 is 0 Å². The summed E-state index contributed by atoms with van der Waals surface area (Å²) < 4.78 is 5.12. The highest BCUT2D eigenvalue weighted by molar-refractivity contribution is 6.46. The summed E-state index contributed by atoms with van der Waals surface area (Å²) in [4.78, 5) is 27.3. The molecular weight excluding hydrogens is 378 g/mol. The number of Topliss-reactive ketones (excluding diaryl/α,β-unsaturated/α-hetero) is 1. The fourth-order valence-corrected chi connectivity index (χ4v) is 3.75. The predicted octanol–water partition coefficient (Wildman–Crippen LogP) is 4.44. The molecule has 0 radical (unpaired) electrons. The van der Waals surface area contributed by atoms with E-state index in [0.29, 0.717) is 25.1 Å². The van der Waals surface area contributed by atoms with Crippen LogP contribution < -0.4 is 0 Å². The van der Waals surface area contributed by atoms with Crippen LogP contribution in [0.1, 0.15) is 49.9 Å². The summed E-state index contributed by atoms with van der Waals surface area (Å²) in [5.41, 5.74) is 2.60. The lowest BCUT2D eigenvalue weighted by atomic mass is 9.85. The van der Waals surface area contributed by atoms with E-state index in [4.69, 9.17) is 4.74 Å². The van der Waals surface area contributed by atoms with Crippen molar-refractivity contribution in [2.75, 3.05) is 20.3 Å². The quantitative estimate of drug-likeness (QED) is 0.333. The van der Waals surface area contributed by atoms with Gasteiger partial charge in [-0.25, -0.2) is 0 Å². The van der Waals surface area contributed by atoms with Gasteiger partial charge in [0.05, 0.1) is 11.6 Å². The molecule has 1 N–H and O–H groups in total. The van der Waals surface area contributed by atoms with Gasteiger partial charge in [-0.15, -0.1) is 0 Å². The second kappa shape index (κ2) is 8.84. The summed E-state index contributed by atoms with van der Waals surface area (Å²) >= 11 is 0. The molecule has 2 aromatic carbocycles. The van der Waals surface area contributed by atoms with E-state index in [0.717, 1.165) is 11.1 Å². The molecule has 0 saturated carbocycles. The number of aliphatic hydroxyl groups excluding tert-OH is 1. The maximum absolute atomic E-state index is 12.9. The van der Waals surface area contributed by atoms with E-state index in [1.54, 1.807) is 36.3 Å². The van der Waals surface area contributed by atoms with E-state index in [1.165, 1.54) is 0 Å². The minimum Gasteiger partial charge on any atom is -0.507 e. The number of amides is 1. The SMILES string of the molecule is COCCCN1C(=O)C(=O)/C(=C(/O)c2ccccc2)[C@H]1c1ccc(C(C)(C)C)cc1. The molecule has 1 fully saturated rings. The predicted molar refractivity (Wildman–Crippen MR) is 117 cm³/mol. The Morgan fingerprint density at radius 1 is 1.03 bits per heavy atom. The van der Waals surface area contributed by atoms with Gasteiger partial charge in [0.15, 0.2) is 0 Å². The molecular formula is C25H29NO4. The first-order valence-electron chi connectivity index (χ1n) is 10.2. The molecule has 158 valence electrons. The van der Waals surface area contributed by atoms with E-state index in [2.05, 4.69) is 20.8 Å². The van der Waals surface area contributed by atoms with Crippen LogP contribution in [0, 0.1) is 0 Å². The van der Waals surface area contributed by atoms with Gasteiger partial charge in [0.2, 0.25) is 0 Å². The van der Waals surface area contributed by atoms with Gasteiger partial charge < -0.3 is 14.7 Å². The molecule has 0 unspecified atom stereocenters. The molecule has 1 saturated heterocycles. The van der Waals surface area contributed by atoms with Crippen molar-refractivity contribution in [1.29, 1.82) is 0 Å². The molecule has 30 heavy (non-hydrogen) atoms. The molecule has 5 nitrogen and oxygen atoms in total. The Labute approximate surface area is 178 Å². The number of carbonyl (C=O) groups is 2. The van der Waals surface area contributed by atoms with Crippen LogP contribution in [0.5, 0.6) is 0 Å². The summed E-state index contributed by atoms with van der Waals surface area (Å²) in [6.45, 7) is 7.25. The first-order chi connectivity index (χ1) is 14.3. The van der Waals surface area contributed by atoms with Crippen LogP contribution in [0.15, 0.2) is 60.2 Å². The van der Waals surface area contributed by atoms with Crippen molar-refractivity contribution in [2.45, 2.75) is 38.6 Å². The second-order valence-electron chi connectivity index (χ2n) is 8.58. The zero-order chi connectivity index (χ0) is 21.9. The number of benzene rings is 2. The maximum Gasteiger partial charge on any atom is 0.295 e. The average molecular weight is 408 g/mol. The number of rotatable bonds is 6. The normalized spacial score (nSPS) is 18.8. The highest BCUT2D eigenvalue weighted by Crippen LogP contribution is 2.40. The van der Waals surface area contributed by atoms with Crippen LogP contribution in [0.2, 0.25) is 0 Å². The molecule has 0 aliphatic carbocycles. The molecule has 3 rings (SSSR count). The Hall–Kier alpha value is -2.92. The first kappa shape index (κ1) is 21.8. The van der Waals surface area contributed by atoms with E-state index < -0.39 is 17.7 Å². The van der Waals surface area contributed by atoms with Crippen LogP contribution >= 0.6 is 0 Å². The Morgan fingerprint density at radius 2 is 1.67 bits per heavy atom. The molecule has 1 aliphatic heterocycles. The number of hydrogen-bond donors (Lipinski definition) is 1. The molecule has 1 heterocycles. The monoisotopic (exact) mass is 407 g/mol. The third-order valence-electron chi connectivity index (χ3n) is 5.43. The number of ketones is 1. The fourth-order valence-electron chi connectivity index (χ4n) is 3.75. The number of nitrogens with zero attached hydrogens (tertiary/aromatic N) is 1. The van der Waals surface area contributed by atoms with Gasteiger partial charge in [-0.05, 0) is 23.0 Å². The molecule has 0 aromatic heterocycles. The largest absolute Gasteiger partial charge is 0.507 e. The van der Waals surface area contributed by atoms with Gasteiger partial charge in [-0.2, -0.15) is 0 Å². The maximum atomic E-state index is 12.9. The van der Waals surface area contributed by atoms with Crippen molar-refractivity contribution in [1.82, 2.24) is 4.90 Å². The number of methoxy groups -OCH3 is 1. The van der Waals surface area contributed by atoms with Crippen molar-refractivity contribution >= 4 is 17.4 Å². The van der Waals surface area contributed by atoms with E-state index in [-0.39, 0.29) is 16.7 Å². The summed E-state index contributed by atoms with van der Waals surface area (Å²) in [6.07, 6.45) is 0.603. The molecule has 0 bridgehead atoms. The number of likely N-dealkylation sites (tertiary alicyclic amines) is 1. The Balaban J connectivity index is 2.10. The van der Waals surface area contributed by atoms with Gasteiger partial charge in [-0.1, -0.05) is 75.4 Å².